The lowest BCUT2D eigenvalue weighted by atomic mass is 10.1. The van der Waals surface area contributed by atoms with E-state index in [2.05, 4.69) is 23.3 Å². The monoisotopic (exact) mass is 364 g/mol. The molecule has 0 unspecified atom stereocenters. The summed E-state index contributed by atoms with van der Waals surface area (Å²) in [5.74, 6) is 0.319. The summed E-state index contributed by atoms with van der Waals surface area (Å²) in [5, 5.41) is 4.75. The molecule has 132 valence electrons. The zero-order valence-electron chi connectivity index (χ0n) is 14.8. The van der Waals surface area contributed by atoms with Crippen LogP contribution in [0.3, 0.4) is 0 Å². The van der Waals surface area contributed by atoms with Crippen LogP contribution in [0.15, 0.2) is 59.6 Å². The number of aromatic nitrogens is 1. The lowest BCUT2D eigenvalue weighted by molar-refractivity contribution is -0.115. The number of benzene rings is 2. The maximum Gasteiger partial charge on any atom is 0.224 e. The van der Waals surface area contributed by atoms with E-state index < -0.39 is 0 Å². The Balaban J connectivity index is 1.66. The average molecular weight is 364 g/mol. The van der Waals surface area contributed by atoms with Crippen molar-refractivity contribution in [2.75, 3.05) is 11.1 Å². The number of nitrogens with zero attached hydrogens (tertiary/aromatic N) is 1. The molecule has 0 aliphatic heterocycles. The Hall–Kier alpha value is -2.66. The minimum absolute atomic E-state index is 0.0379. The van der Waals surface area contributed by atoms with E-state index in [1.54, 1.807) is 31.2 Å². The third kappa shape index (κ3) is 4.29. The highest BCUT2D eigenvalue weighted by Crippen LogP contribution is 2.24. The van der Waals surface area contributed by atoms with Gasteiger partial charge in [-0.25, -0.2) is 4.98 Å². The third-order valence-corrected chi connectivity index (χ3v) is 4.97. The van der Waals surface area contributed by atoms with Crippen LogP contribution in [0.2, 0.25) is 0 Å². The van der Waals surface area contributed by atoms with E-state index in [1.165, 1.54) is 11.8 Å². The number of rotatable bonds is 6. The van der Waals surface area contributed by atoms with Crippen molar-refractivity contribution in [3.05, 3.63) is 65.7 Å². The van der Waals surface area contributed by atoms with Crippen LogP contribution in [0.25, 0.3) is 10.9 Å². The number of amides is 1. The first-order valence-corrected chi connectivity index (χ1v) is 9.47. The molecule has 3 aromatic rings. The molecule has 0 aliphatic carbocycles. The molecule has 1 aromatic heterocycles. The van der Waals surface area contributed by atoms with Gasteiger partial charge in [0, 0.05) is 23.1 Å². The number of aryl methyl sites for hydroxylation is 1. The number of carbonyl (C=O) groups is 2. The van der Waals surface area contributed by atoms with Crippen LogP contribution in [0.5, 0.6) is 0 Å². The highest BCUT2D eigenvalue weighted by atomic mass is 32.2. The lowest BCUT2D eigenvalue weighted by Crippen LogP contribution is -2.09. The van der Waals surface area contributed by atoms with Crippen molar-refractivity contribution < 1.29 is 9.59 Å². The number of thioether (sulfide) groups is 1. The van der Waals surface area contributed by atoms with Crippen molar-refractivity contribution in [3.8, 4) is 0 Å². The molecule has 1 heterocycles. The van der Waals surface area contributed by atoms with Crippen LogP contribution in [0.1, 0.15) is 29.3 Å². The van der Waals surface area contributed by atoms with Crippen molar-refractivity contribution >= 4 is 40.0 Å². The van der Waals surface area contributed by atoms with Gasteiger partial charge in [0.2, 0.25) is 5.91 Å². The third-order valence-electron chi connectivity index (χ3n) is 4.06. The van der Waals surface area contributed by atoms with Gasteiger partial charge < -0.3 is 5.32 Å². The Morgan fingerprint density at radius 3 is 2.54 bits per heavy atom. The molecular weight excluding hydrogens is 344 g/mol. The number of para-hydroxylation sites is 1. The second kappa shape index (κ2) is 8.15. The Labute approximate surface area is 157 Å². The number of hydrogen-bond donors (Lipinski definition) is 1. The lowest BCUT2D eigenvalue weighted by Gasteiger charge is -2.07. The summed E-state index contributed by atoms with van der Waals surface area (Å²) in [5.41, 5.74) is 3.43. The summed E-state index contributed by atoms with van der Waals surface area (Å²) in [4.78, 5) is 28.4. The van der Waals surface area contributed by atoms with Crippen LogP contribution < -0.4 is 5.32 Å². The second-order valence-corrected chi connectivity index (χ2v) is 6.98. The SMILES string of the molecule is CCC(=O)Nc1ccc(C(=O)CSc2cc(C)c3ccccc3n2)cc1. The molecule has 0 bridgehead atoms. The Bertz CT molecular complexity index is 952. The number of ketones is 1. The predicted octanol–water partition coefficient (Wildman–Crippen LogP) is 4.87. The smallest absolute Gasteiger partial charge is 0.224 e. The second-order valence-electron chi connectivity index (χ2n) is 5.99. The number of anilines is 1. The minimum Gasteiger partial charge on any atom is -0.326 e. The number of nitrogens with one attached hydrogen (secondary N) is 1. The first kappa shape index (κ1) is 18.1. The molecule has 0 saturated heterocycles. The van der Waals surface area contributed by atoms with Gasteiger partial charge in [0.15, 0.2) is 5.78 Å². The van der Waals surface area contributed by atoms with Crippen molar-refractivity contribution in [3.63, 3.8) is 0 Å². The van der Waals surface area contributed by atoms with E-state index >= 15 is 0 Å². The highest BCUT2D eigenvalue weighted by molar-refractivity contribution is 7.99. The first-order chi connectivity index (χ1) is 12.6. The van der Waals surface area contributed by atoms with Gasteiger partial charge in [-0.15, -0.1) is 0 Å². The van der Waals surface area contributed by atoms with Gasteiger partial charge in [-0.05, 0) is 48.9 Å². The van der Waals surface area contributed by atoms with Gasteiger partial charge >= 0.3 is 0 Å². The molecule has 0 spiro atoms. The van der Waals surface area contributed by atoms with E-state index in [0.717, 1.165) is 21.5 Å². The first-order valence-electron chi connectivity index (χ1n) is 8.49. The summed E-state index contributed by atoms with van der Waals surface area (Å²) >= 11 is 1.44. The van der Waals surface area contributed by atoms with Gasteiger partial charge in [0.05, 0.1) is 16.3 Å². The summed E-state index contributed by atoms with van der Waals surface area (Å²) in [6.07, 6.45) is 0.426. The van der Waals surface area contributed by atoms with Gasteiger partial charge in [-0.2, -0.15) is 0 Å². The van der Waals surface area contributed by atoms with Crippen LogP contribution in [-0.4, -0.2) is 22.4 Å². The number of pyridine rings is 1. The molecule has 0 saturated carbocycles. The zero-order valence-corrected chi connectivity index (χ0v) is 15.6. The minimum atomic E-state index is -0.0441. The quantitative estimate of drug-likeness (QED) is 0.501. The van der Waals surface area contributed by atoms with Crippen LogP contribution in [-0.2, 0) is 4.79 Å². The summed E-state index contributed by atoms with van der Waals surface area (Å²) in [6, 6.07) is 17.0. The molecule has 3 rings (SSSR count). The fraction of sp³-hybridized carbons (Fsp3) is 0.190. The molecule has 1 N–H and O–H groups in total. The van der Waals surface area contributed by atoms with Crippen LogP contribution >= 0.6 is 11.8 Å². The molecule has 0 aliphatic rings. The fourth-order valence-corrected chi connectivity index (χ4v) is 3.47. The normalized spacial score (nSPS) is 10.7. The van der Waals surface area contributed by atoms with E-state index in [0.29, 0.717) is 23.4 Å². The standard InChI is InChI=1S/C21H20N2O2S/c1-3-20(25)22-16-10-8-15(9-11-16)19(24)13-26-21-12-14(2)17-6-4-5-7-18(17)23-21/h4-12H,3,13H2,1-2H3,(H,22,25). The topological polar surface area (TPSA) is 59.1 Å². The Kier molecular flexibility index (Phi) is 5.68. The summed E-state index contributed by atoms with van der Waals surface area (Å²) < 4.78 is 0. The molecule has 0 atom stereocenters. The maximum atomic E-state index is 12.4. The van der Waals surface area contributed by atoms with Crippen molar-refractivity contribution in [1.29, 1.82) is 0 Å². The fourth-order valence-electron chi connectivity index (χ4n) is 2.60. The molecule has 0 fully saturated rings. The van der Waals surface area contributed by atoms with Crippen molar-refractivity contribution in [1.82, 2.24) is 4.98 Å². The van der Waals surface area contributed by atoms with E-state index in [9.17, 15) is 9.59 Å². The molecule has 2 aromatic carbocycles. The molecule has 1 amide bonds. The van der Waals surface area contributed by atoms with Gasteiger partial charge in [-0.1, -0.05) is 36.9 Å². The number of fused-ring (bicyclic) bond motifs is 1. The van der Waals surface area contributed by atoms with E-state index in [-0.39, 0.29) is 11.7 Å². The van der Waals surface area contributed by atoms with E-state index in [1.807, 2.05) is 24.3 Å². The molecular formula is C21H20N2O2S. The molecule has 4 nitrogen and oxygen atoms in total. The molecule has 0 radical (unpaired) electrons. The van der Waals surface area contributed by atoms with Gasteiger partial charge in [0.25, 0.3) is 0 Å². The predicted molar refractivity (Wildman–Crippen MR) is 107 cm³/mol. The van der Waals surface area contributed by atoms with Gasteiger partial charge in [-0.3, -0.25) is 9.59 Å². The number of carbonyl (C=O) groups excluding carboxylic acids is 2. The molecule has 5 heteroatoms. The van der Waals surface area contributed by atoms with E-state index in [4.69, 9.17) is 0 Å². The maximum absolute atomic E-state index is 12.4. The Morgan fingerprint density at radius 2 is 1.81 bits per heavy atom. The summed E-state index contributed by atoms with van der Waals surface area (Å²) in [6.45, 7) is 3.85. The van der Waals surface area contributed by atoms with Crippen molar-refractivity contribution in [2.24, 2.45) is 0 Å². The Morgan fingerprint density at radius 1 is 1.08 bits per heavy atom. The largest absolute Gasteiger partial charge is 0.326 e. The molecule has 26 heavy (non-hydrogen) atoms. The van der Waals surface area contributed by atoms with Gasteiger partial charge in [0.1, 0.15) is 0 Å². The average Bonchev–Trinajstić information content (AvgIpc) is 2.66. The van der Waals surface area contributed by atoms with Crippen molar-refractivity contribution in [2.45, 2.75) is 25.3 Å². The number of hydrogen-bond acceptors (Lipinski definition) is 4. The van der Waals surface area contributed by atoms with Crippen LogP contribution in [0.4, 0.5) is 5.69 Å². The highest BCUT2D eigenvalue weighted by Gasteiger charge is 2.09. The van der Waals surface area contributed by atoms with Crippen LogP contribution in [0, 0.1) is 6.92 Å². The number of Topliss-reactive ketones (excluding diaryl/α,β-unsaturated/α-hetero) is 1. The zero-order chi connectivity index (χ0) is 18.5. The summed E-state index contributed by atoms with van der Waals surface area (Å²) in [7, 11) is 0.